The second kappa shape index (κ2) is 10.6. The maximum Gasteiger partial charge on any atom is 0.261 e. The summed E-state index contributed by atoms with van der Waals surface area (Å²) in [6.07, 6.45) is 2.14. The number of ketones is 1. The number of benzene rings is 2. The minimum Gasteiger partial charge on any atom is -0.342 e. The minimum absolute atomic E-state index is 0.0451. The van der Waals surface area contributed by atoms with Crippen molar-refractivity contribution in [1.29, 1.82) is 0 Å². The molecule has 0 atom stereocenters. The van der Waals surface area contributed by atoms with Gasteiger partial charge in [-0.3, -0.25) is 24.0 Å². The molecule has 2 aromatic rings. The summed E-state index contributed by atoms with van der Waals surface area (Å²) in [5.41, 5.74) is 1.24. The smallest absolute Gasteiger partial charge is 0.261 e. The number of hydrogen-bond donors (Lipinski definition) is 1. The number of nitrogens with one attached hydrogen (secondary N) is 1. The van der Waals surface area contributed by atoms with E-state index in [9.17, 15) is 22.8 Å². The van der Waals surface area contributed by atoms with E-state index in [1.54, 1.807) is 29.2 Å². The van der Waals surface area contributed by atoms with Gasteiger partial charge in [-0.1, -0.05) is 12.1 Å². The molecule has 2 heterocycles. The Morgan fingerprint density at radius 1 is 0.771 bits per heavy atom. The summed E-state index contributed by atoms with van der Waals surface area (Å²) < 4.78 is 27.8. The molecule has 0 bridgehead atoms. The molecule has 35 heavy (non-hydrogen) atoms. The van der Waals surface area contributed by atoms with E-state index in [2.05, 4.69) is 9.62 Å². The van der Waals surface area contributed by atoms with Gasteiger partial charge in [0.2, 0.25) is 5.91 Å². The predicted octanol–water partition coefficient (Wildman–Crippen LogP) is 2.07. The zero-order chi connectivity index (χ0) is 25.0. The lowest BCUT2D eigenvalue weighted by Gasteiger charge is -2.35. The van der Waals surface area contributed by atoms with Gasteiger partial charge in [0, 0.05) is 56.1 Å². The van der Waals surface area contributed by atoms with E-state index in [4.69, 9.17) is 0 Å². The first-order valence-corrected chi connectivity index (χ1v) is 13.2. The summed E-state index contributed by atoms with van der Waals surface area (Å²) >= 11 is 0. The largest absolute Gasteiger partial charge is 0.342 e. The quantitative estimate of drug-likeness (QED) is 0.586. The lowest BCUT2D eigenvalue weighted by molar-refractivity contribution is -0.131. The molecule has 4 rings (SSSR count). The third kappa shape index (κ3) is 6.07. The molecule has 2 aromatic carbocycles. The van der Waals surface area contributed by atoms with Crippen molar-refractivity contribution in [2.45, 2.75) is 24.7 Å². The third-order valence-electron chi connectivity index (χ3n) is 6.43. The molecule has 1 N–H and O–H groups in total. The topological polar surface area (TPSA) is 107 Å². The molecule has 9 nitrogen and oxygen atoms in total. The van der Waals surface area contributed by atoms with Crippen molar-refractivity contribution >= 4 is 33.3 Å². The zero-order valence-corrected chi connectivity index (χ0v) is 20.6. The molecule has 186 valence electrons. The Labute approximate surface area is 205 Å². The molecule has 0 saturated carbocycles. The first-order valence-electron chi connectivity index (χ1n) is 11.8. The Hall–Kier alpha value is -3.24. The van der Waals surface area contributed by atoms with Gasteiger partial charge in [0.15, 0.2) is 5.78 Å². The van der Waals surface area contributed by atoms with Crippen molar-refractivity contribution in [2.75, 3.05) is 50.5 Å². The number of hydrogen-bond acceptors (Lipinski definition) is 6. The van der Waals surface area contributed by atoms with Crippen LogP contribution in [0.4, 0.5) is 5.69 Å². The second-order valence-corrected chi connectivity index (χ2v) is 10.6. The van der Waals surface area contributed by atoms with Gasteiger partial charge < -0.3 is 9.80 Å². The molecule has 0 radical (unpaired) electrons. The van der Waals surface area contributed by atoms with Gasteiger partial charge in [-0.25, -0.2) is 8.42 Å². The number of rotatable bonds is 7. The first kappa shape index (κ1) is 24.9. The van der Waals surface area contributed by atoms with Crippen LogP contribution in [0, 0.1) is 0 Å². The summed E-state index contributed by atoms with van der Waals surface area (Å²) in [6.45, 7) is 5.87. The fourth-order valence-corrected chi connectivity index (χ4v) is 5.37. The summed E-state index contributed by atoms with van der Waals surface area (Å²) in [6, 6.07) is 12.0. The van der Waals surface area contributed by atoms with Crippen LogP contribution < -0.4 is 4.72 Å². The lowest BCUT2D eigenvalue weighted by atomic mass is 10.1. The normalized spacial score (nSPS) is 16.8. The van der Waals surface area contributed by atoms with Crippen molar-refractivity contribution in [3.05, 3.63) is 59.7 Å². The Morgan fingerprint density at radius 2 is 1.34 bits per heavy atom. The maximum absolute atomic E-state index is 12.9. The van der Waals surface area contributed by atoms with E-state index >= 15 is 0 Å². The number of amides is 2. The third-order valence-corrected chi connectivity index (χ3v) is 7.83. The van der Waals surface area contributed by atoms with E-state index in [0.29, 0.717) is 49.5 Å². The highest BCUT2D eigenvalue weighted by Gasteiger charge is 2.26. The molecular weight excluding hydrogens is 468 g/mol. The molecule has 2 aliphatic heterocycles. The average Bonchev–Trinajstić information content (AvgIpc) is 3.40. The Balaban J connectivity index is 1.31. The molecular formula is C25H30N4O5S. The van der Waals surface area contributed by atoms with Gasteiger partial charge in [0.25, 0.3) is 15.9 Å². The van der Waals surface area contributed by atoms with Gasteiger partial charge in [-0.2, -0.15) is 0 Å². The van der Waals surface area contributed by atoms with E-state index in [1.807, 2.05) is 4.90 Å². The van der Waals surface area contributed by atoms with Crippen molar-refractivity contribution in [3.8, 4) is 0 Å². The van der Waals surface area contributed by atoms with Gasteiger partial charge in [0.05, 0.1) is 11.4 Å². The van der Waals surface area contributed by atoms with Gasteiger partial charge >= 0.3 is 0 Å². The number of carbonyl (C=O) groups excluding carboxylic acids is 3. The number of carbonyl (C=O) groups is 3. The van der Waals surface area contributed by atoms with E-state index in [0.717, 1.165) is 25.9 Å². The zero-order valence-electron chi connectivity index (χ0n) is 19.8. The fourth-order valence-electron chi connectivity index (χ4n) is 4.31. The van der Waals surface area contributed by atoms with E-state index < -0.39 is 10.0 Å². The van der Waals surface area contributed by atoms with Gasteiger partial charge in [0.1, 0.15) is 0 Å². The van der Waals surface area contributed by atoms with Crippen LogP contribution in [-0.2, 0) is 14.8 Å². The van der Waals surface area contributed by atoms with Crippen molar-refractivity contribution < 1.29 is 22.8 Å². The van der Waals surface area contributed by atoms with Crippen molar-refractivity contribution in [2.24, 2.45) is 0 Å². The molecule has 0 unspecified atom stereocenters. The van der Waals surface area contributed by atoms with Crippen LogP contribution in [0.15, 0.2) is 53.4 Å². The van der Waals surface area contributed by atoms with Crippen LogP contribution >= 0.6 is 0 Å². The fraction of sp³-hybridized carbons (Fsp3) is 0.400. The molecule has 2 fully saturated rings. The number of sulfonamides is 1. The van der Waals surface area contributed by atoms with Crippen LogP contribution in [0.5, 0.6) is 0 Å². The first-order chi connectivity index (χ1) is 16.7. The molecule has 10 heteroatoms. The van der Waals surface area contributed by atoms with Crippen molar-refractivity contribution in [1.82, 2.24) is 14.7 Å². The molecule has 0 aromatic heterocycles. The highest BCUT2D eigenvalue weighted by Crippen LogP contribution is 2.19. The van der Waals surface area contributed by atoms with Crippen LogP contribution in [0.1, 0.15) is 40.5 Å². The molecule has 0 aliphatic carbocycles. The Bertz CT molecular complexity index is 1180. The number of piperazine rings is 1. The van der Waals surface area contributed by atoms with Crippen LogP contribution in [0.2, 0.25) is 0 Å². The van der Waals surface area contributed by atoms with E-state index in [-0.39, 0.29) is 22.5 Å². The highest BCUT2D eigenvalue weighted by atomic mass is 32.2. The van der Waals surface area contributed by atoms with Crippen LogP contribution in [-0.4, -0.2) is 86.5 Å². The Morgan fingerprint density at radius 3 is 1.91 bits per heavy atom. The minimum atomic E-state index is -3.82. The second-order valence-electron chi connectivity index (χ2n) is 8.92. The SMILES string of the molecule is CC(=O)c1ccc(S(=O)(=O)Nc2ccc(C(=O)N3CCN(CC(=O)N4CCCC4)CC3)cc2)cc1. The summed E-state index contributed by atoms with van der Waals surface area (Å²) in [7, 11) is -3.82. The van der Waals surface area contributed by atoms with E-state index in [1.165, 1.54) is 31.2 Å². The average molecular weight is 499 g/mol. The number of Topliss-reactive ketones (excluding diaryl/α,β-unsaturated/α-hetero) is 1. The Kier molecular flexibility index (Phi) is 7.51. The van der Waals surface area contributed by atoms with Gasteiger partial charge in [-0.05, 0) is 56.2 Å². The standard InChI is InChI=1S/C25H30N4O5S/c1-19(30)20-6-10-23(11-7-20)35(33,34)26-22-8-4-21(5-9-22)25(32)29-16-14-27(15-17-29)18-24(31)28-12-2-3-13-28/h4-11,26H,2-3,12-18H2,1H3. The van der Waals surface area contributed by atoms with Crippen LogP contribution in [0.3, 0.4) is 0 Å². The van der Waals surface area contributed by atoms with Crippen molar-refractivity contribution in [3.63, 3.8) is 0 Å². The van der Waals surface area contributed by atoms with Gasteiger partial charge in [-0.15, -0.1) is 0 Å². The lowest BCUT2D eigenvalue weighted by Crippen LogP contribution is -2.51. The summed E-state index contributed by atoms with van der Waals surface area (Å²) in [4.78, 5) is 42.5. The number of anilines is 1. The molecule has 0 spiro atoms. The maximum atomic E-state index is 12.9. The van der Waals surface area contributed by atoms with Crippen LogP contribution in [0.25, 0.3) is 0 Å². The summed E-state index contributed by atoms with van der Waals surface area (Å²) in [5.74, 6) is -0.0981. The number of likely N-dealkylation sites (tertiary alicyclic amines) is 1. The molecule has 2 amide bonds. The number of nitrogens with zero attached hydrogens (tertiary/aromatic N) is 3. The molecule has 2 saturated heterocycles. The molecule has 2 aliphatic rings. The summed E-state index contributed by atoms with van der Waals surface area (Å²) in [5, 5.41) is 0. The monoisotopic (exact) mass is 498 g/mol. The predicted molar refractivity (Wildman–Crippen MR) is 132 cm³/mol. The highest BCUT2D eigenvalue weighted by molar-refractivity contribution is 7.92.